The van der Waals surface area contributed by atoms with E-state index >= 15 is 0 Å². The van der Waals surface area contributed by atoms with Gasteiger partial charge in [-0.05, 0) is 31.2 Å². The monoisotopic (exact) mass is 383 g/mol. The third-order valence-electron chi connectivity index (χ3n) is 4.21. The molecule has 0 saturated carbocycles. The number of rotatable bonds is 7. The number of esters is 1. The Labute approximate surface area is 162 Å². The molecule has 0 fully saturated rings. The van der Waals surface area contributed by atoms with Crippen LogP contribution in [0.4, 0.5) is 0 Å². The largest absolute Gasteiger partial charge is 0.497 e. The first-order chi connectivity index (χ1) is 13.5. The first-order valence-corrected chi connectivity index (χ1v) is 8.69. The maximum absolute atomic E-state index is 12.3. The van der Waals surface area contributed by atoms with Gasteiger partial charge in [-0.1, -0.05) is 18.2 Å². The van der Waals surface area contributed by atoms with Gasteiger partial charge in [-0.15, -0.1) is 0 Å². The molecule has 1 heterocycles. The Kier molecular flexibility index (Phi) is 5.84. The van der Waals surface area contributed by atoms with Crippen LogP contribution in [-0.4, -0.2) is 32.7 Å². The number of ether oxygens (including phenoxy) is 3. The fraction of sp³-hybridized carbons (Fsp3) is 0.238. The van der Waals surface area contributed by atoms with Gasteiger partial charge < -0.3 is 23.9 Å². The van der Waals surface area contributed by atoms with Crippen molar-refractivity contribution < 1.29 is 28.2 Å². The Morgan fingerprint density at radius 2 is 1.86 bits per heavy atom. The van der Waals surface area contributed by atoms with Gasteiger partial charge in [0.15, 0.2) is 6.61 Å². The highest BCUT2D eigenvalue weighted by molar-refractivity contribution is 5.94. The number of amides is 1. The smallest absolute Gasteiger partial charge is 0.342 e. The van der Waals surface area contributed by atoms with Gasteiger partial charge in [0.2, 0.25) is 0 Å². The second-order valence-corrected chi connectivity index (χ2v) is 6.12. The molecule has 0 aliphatic carbocycles. The quantitative estimate of drug-likeness (QED) is 0.629. The summed E-state index contributed by atoms with van der Waals surface area (Å²) in [7, 11) is 2.95. The molecule has 1 N–H and O–H groups in total. The maximum Gasteiger partial charge on any atom is 0.342 e. The number of hydrogen-bond acceptors (Lipinski definition) is 6. The van der Waals surface area contributed by atoms with Crippen LogP contribution in [0.25, 0.3) is 11.0 Å². The summed E-state index contributed by atoms with van der Waals surface area (Å²) in [6.45, 7) is 1.38. The van der Waals surface area contributed by atoms with E-state index in [9.17, 15) is 9.59 Å². The number of carbonyl (C=O) groups is 2. The first kappa shape index (κ1) is 19.3. The van der Waals surface area contributed by atoms with Gasteiger partial charge in [0.1, 0.15) is 28.4 Å². The van der Waals surface area contributed by atoms with Crippen LogP contribution in [-0.2, 0) is 9.53 Å². The van der Waals surface area contributed by atoms with Gasteiger partial charge in [-0.2, -0.15) is 0 Å². The minimum absolute atomic E-state index is 0.210. The van der Waals surface area contributed by atoms with Crippen LogP contribution in [0.5, 0.6) is 11.5 Å². The van der Waals surface area contributed by atoms with Crippen molar-refractivity contribution in [1.29, 1.82) is 0 Å². The van der Waals surface area contributed by atoms with Crippen LogP contribution in [0.15, 0.2) is 52.9 Å². The highest BCUT2D eigenvalue weighted by Gasteiger charge is 2.18. The number of benzene rings is 2. The minimum Gasteiger partial charge on any atom is -0.497 e. The number of carbonyl (C=O) groups excluding carboxylic acids is 2. The third-order valence-corrected chi connectivity index (χ3v) is 4.21. The maximum atomic E-state index is 12.3. The van der Waals surface area contributed by atoms with E-state index in [4.69, 9.17) is 18.6 Å². The van der Waals surface area contributed by atoms with E-state index < -0.39 is 18.5 Å². The molecule has 0 aliphatic rings. The summed E-state index contributed by atoms with van der Waals surface area (Å²) in [5.74, 6) is 0.378. The van der Waals surface area contributed by atoms with E-state index in [1.807, 2.05) is 30.3 Å². The summed E-state index contributed by atoms with van der Waals surface area (Å²) < 4.78 is 21.1. The normalized spacial score (nSPS) is 11.7. The summed E-state index contributed by atoms with van der Waals surface area (Å²) in [4.78, 5) is 24.4. The Hall–Kier alpha value is -3.48. The van der Waals surface area contributed by atoms with E-state index in [-0.39, 0.29) is 11.6 Å². The van der Waals surface area contributed by atoms with Gasteiger partial charge in [-0.25, -0.2) is 4.79 Å². The van der Waals surface area contributed by atoms with Crippen LogP contribution in [0.3, 0.4) is 0 Å². The predicted molar refractivity (Wildman–Crippen MR) is 103 cm³/mol. The highest BCUT2D eigenvalue weighted by Crippen LogP contribution is 2.25. The van der Waals surface area contributed by atoms with Gasteiger partial charge in [0, 0.05) is 11.5 Å². The lowest BCUT2D eigenvalue weighted by Crippen LogP contribution is -2.31. The molecule has 7 heteroatoms. The van der Waals surface area contributed by atoms with Crippen molar-refractivity contribution in [3.63, 3.8) is 0 Å². The molecule has 0 radical (unpaired) electrons. The standard InChI is InChI=1S/C21H21NO6/c1-13(18-10-14-6-4-5-7-17(14)28-18)22-20(23)12-27-21(24)16-9-8-15(25-2)11-19(16)26-3/h4-11,13H,12H2,1-3H3,(H,22,23)/t13-/m1/s1. The van der Waals surface area contributed by atoms with Crippen molar-refractivity contribution in [3.8, 4) is 11.5 Å². The van der Waals surface area contributed by atoms with E-state index in [0.29, 0.717) is 17.3 Å². The molecule has 1 amide bonds. The lowest BCUT2D eigenvalue weighted by molar-refractivity contribution is -0.125. The lowest BCUT2D eigenvalue weighted by Gasteiger charge is -2.13. The van der Waals surface area contributed by atoms with Crippen LogP contribution >= 0.6 is 0 Å². The van der Waals surface area contributed by atoms with Crippen molar-refractivity contribution in [3.05, 3.63) is 59.9 Å². The summed E-state index contributed by atoms with van der Waals surface area (Å²) in [6, 6.07) is 13.8. The Morgan fingerprint density at radius 1 is 1.07 bits per heavy atom. The van der Waals surface area contributed by atoms with E-state index in [1.165, 1.54) is 20.3 Å². The zero-order valence-corrected chi connectivity index (χ0v) is 15.9. The van der Waals surface area contributed by atoms with E-state index in [2.05, 4.69) is 5.32 Å². The second kappa shape index (κ2) is 8.47. The molecule has 0 aliphatic heterocycles. The molecule has 0 bridgehead atoms. The predicted octanol–water partition coefficient (Wildman–Crippen LogP) is 3.48. The molecule has 0 saturated heterocycles. The number of methoxy groups -OCH3 is 2. The van der Waals surface area contributed by atoms with Gasteiger partial charge in [0.05, 0.1) is 20.3 Å². The van der Waals surface area contributed by atoms with Crippen LogP contribution in [0.2, 0.25) is 0 Å². The molecule has 28 heavy (non-hydrogen) atoms. The SMILES string of the molecule is COc1ccc(C(=O)OCC(=O)N[C@H](C)c2cc3ccccc3o2)c(OC)c1. The zero-order valence-electron chi connectivity index (χ0n) is 15.9. The van der Waals surface area contributed by atoms with Crippen molar-refractivity contribution in [1.82, 2.24) is 5.32 Å². The van der Waals surface area contributed by atoms with E-state index in [1.54, 1.807) is 19.1 Å². The highest BCUT2D eigenvalue weighted by atomic mass is 16.5. The average Bonchev–Trinajstić information content (AvgIpc) is 3.16. The molecule has 0 spiro atoms. The third kappa shape index (κ3) is 4.25. The topological polar surface area (TPSA) is 87.0 Å². The van der Waals surface area contributed by atoms with Crippen molar-refractivity contribution >= 4 is 22.8 Å². The summed E-state index contributed by atoms with van der Waals surface area (Å²) in [5, 5.41) is 3.70. The molecule has 146 valence electrons. The first-order valence-electron chi connectivity index (χ1n) is 8.69. The lowest BCUT2D eigenvalue weighted by atomic mass is 10.2. The Balaban J connectivity index is 1.58. The van der Waals surface area contributed by atoms with Crippen molar-refractivity contribution in [2.75, 3.05) is 20.8 Å². The summed E-state index contributed by atoms with van der Waals surface area (Å²) in [5.41, 5.74) is 0.957. The molecule has 1 atom stereocenters. The van der Waals surface area contributed by atoms with E-state index in [0.717, 1.165) is 11.0 Å². The molecule has 0 unspecified atom stereocenters. The molecule has 7 nitrogen and oxygen atoms in total. The van der Waals surface area contributed by atoms with Crippen LogP contribution < -0.4 is 14.8 Å². The average molecular weight is 383 g/mol. The molecule has 3 aromatic rings. The number of para-hydroxylation sites is 1. The molecule has 1 aromatic heterocycles. The molecular formula is C21H21NO6. The zero-order chi connectivity index (χ0) is 20.1. The molecular weight excluding hydrogens is 362 g/mol. The summed E-state index contributed by atoms with van der Waals surface area (Å²) >= 11 is 0. The number of hydrogen-bond donors (Lipinski definition) is 1. The molecule has 3 rings (SSSR count). The molecule has 2 aromatic carbocycles. The van der Waals surface area contributed by atoms with Crippen molar-refractivity contribution in [2.24, 2.45) is 0 Å². The number of furan rings is 1. The van der Waals surface area contributed by atoms with Crippen LogP contribution in [0, 0.1) is 0 Å². The summed E-state index contributed by atoms with van der Waals surface area (Å²) in [6.07, 6.45) is 0. The Bertz CT molecular complexity index is 960. The number of nitrogens with one attached hydrogen (secondary N) is 1. The van der Waals surface area contributed by atoms with Crippen LogP contribution in [0.1, 0.15) is 29.1 Å². The fourth-order valence-electron chi connectivity index (χ4n) is 2.75. The Morgan fingerprint density at radius 3 is 2.57 bits per heavy atom. The fourth-order valence-corrected chi connectivity index (χ4v) is 2.75. The van der Waals surface area contributed by atoms with Crippen molar-refractivity contribution in [2.45, 2.75) is 13.0 Å². The number of fused-ring (bicyclic) bond motifs is 1. The second-order valence-electron chi connectivity index (χ2n) is 6.12. The minimum atomic E-state index is -0.661. The van der Waals surface area contributed by atoms with Gasteiger partial charge in [0.25, 0.3) is 5.91 Å². The van der Waals surface area contributed by atoms with Gasteiger partial charge in [-0.3, -0.25) is 4.79 Å². The van der Waals surface area contributed by atoms with Gasteiger partial charge >= 0.3 is 5.97 Å².